The Morgan fingerprint density at radius 2 is 1.65 bits per heavy atom. The van der Waals surface area contributed by atoms with Crippen LogP contribution < -0.4 is 21.8 Å². The standard InChI is InChI=1S/C21H18F3N5O2/c1-28-12-4-7-17(20(28)31)25-18-15-5-2-3-6-16(15)19(30)29(27-18)14-10-8-13(9-11-14)26-21(22,23)24/h2-4,7-12,26H,5-6H2,1H3,(H,25,27). The first kappa shape index (κ1) is 20.5. The molecule has 2 aromatic heterocycles. The van der Waals surface area contributed by atoms with Crippen molar-refractivity contribution in [2.24, 2.45) is 7.05 Å². The first-order valence-corrected chi connectivity index (χ1v) is 9.41. The van der Waals surface area contributed by atoms with E-state index in [4.69, 9.17) is 0 Å². The summed E-state index contributed by atoms with van der Waals surface area (Å²) < 4.78 is 40.1. The summed E-state index contributed by atoms with van der Waals surface area (Å²) in [5.74, 6) is 0.347. The molecule has 1 aliphatic rings. The van der Waals surface area contributed by atoms with Crippen molar-refractivity contribution in [1.29, 1.82) is 0 Å². The van der Waals surface area contributed by atoms with Crippen LogP contribution in [0.2, 0.25) is 0 Å². The van der Waals surface area contributed by atoms with Crippen LogP contribution in [0.1, 0.15) is 11.1 Å². The molecule has 10 heteroatoms. The Morgan fingerprint density at radius 3 is 2.32 bits per heavy atom. The van der Waals surface area contributed by atoms with Crippen LogP contribution in [0.4, 0.5) is 30.4 Å². The molecule has 1 aromatic carbocycles. The van der Waals surface area contributed by atoms with Gasteiger partial charge in [-0.1, -0.05) is 12.2 Å². The summed E-state index contributed by atoms with van der Waals surface area (Å²) in [7, 11) is 1.62. The van der Waals surface area contributed by atoms with Gasteiger partial charge in [-0.3, -0.25) is 14.9 Å². The summed E-state index contributed by atoms with van der Waals surface area (Å²) in [5, 5.41) is 8.83. The van der Waals surface area contributed by atoms with E-state index in [-0.39, 0.29) is 16.8 Å². The van der Waals surface area contributed by atoms with E-state index in [2.05, 4.69) is 10.4 Å². The molecule has 0 amide bonds. The molecule has 7 nitrogen and oxygen atoms in total. The molecule has 2 N–H and O–H groups in total. The number of anilines is 3. The highest BCUT2D eigenvalue weighted by atomic mass is 19.4. The summed E-state index contributed by atoms with van der Waals surface area (Å²) in [6.45, 7) is 0. The van der Waals surface area contributed by atoms with E-state index >= 15 is 0 Å². The van der Waals surface area contributed by atoms with E-state index in [1.807, 2.05) is 12.2 Å². The minimum absolute atomic E-state index is 0.156. The molecule has 31 heavy (non-hydrogen) atoms. The van der Waals surface area contributed by atoms with Crippen LogP contribution in [0, 0.1) is 0 Å². The van der Waals surface area contributed by atoms with Gasteiger partial charge in [0.2, 0.25) is 0 Å². The highest BCUT2D eigenvalue weighted by Gasteiger charge is 2.27. The summed E-state index contributed by atoms with van der Waals surface area (Å²) >= 11 is 0. The van der Waals surface area contributed by atoms with Gasteiger partial charge in [-0.15, -0.1) is 5.10 Å². The number of nitrogens with zero attached hydrogens (tertiary/aromatic N) is 3. The van der Waals surface area contributed by atoms with Crippen LogP contribution in [-0.2, 0) is 19.9 Å². The second-order valence-electron chi connectivity index (χ2n) is 7.03. The van der Waals surface area contributed by atoms with Crippen LogP contribution in [0.15, 0.2) is 64.3 Å². The highest BCUT2D eigenvalue weighted by Crippen LogP contribution is 2.25. The maximum Gasteiger partial charge on any atom is 0.482 e. The molecule has 0 atom stereocenters. The molecular weight excluding hydrogens is 411 g/mol. The van der Waals surface area contributed by atoms with Gasteiger partial charge >= 0.3 is 6.30 Å². The number of alkyl halides is 3. The van der Waals surface area contributed by atoms with Gasteiger partial charge in [-0.25, -0.2) is 0 Å². The Hall–Kier alpha value is -3.82. The third-order valence-corrected chi connectivity index (χ3v) is 4.89. The number of halogens is 3. The van der Waals surface area contributed by atoms with Crippen molar-refractivity contribution in [2.75, 3.05) is 10.6 Å². The number of nitrogens with one attached hydrogen (secondary N) is 2. The summed E-state index contributed by atoms with van der Waals surface area (Å²) in [6.07, 6.45) is 1.72. The van der Waals surface area contributed by atoms with Crippen LogP contribution >= 0.6 is 0 Å². The van der Waals surface area contributed by atoms with Crippen LogP contribution in [0.3, 0.4) is 0 Å². The fraction of sp³-hybridized carbons (Fsp3) is 0.190. The zero-order valence-electron chi connectivity index (χ0n) is 16.4. The smallest absolute Gasteiger partial charge is 0.334 e. The van der Waals surface area contributed by atoms with Crippen molar-refractivity contribution >= 4 is 17.2 Å². The average Bonchev–Trinajstić information content (AvgIpc) is 2.73. The molecule has 0 aliphatic heterocycles. The summed E-state index contributed by atoms with van der Waals surface area (Å²) in [6, 6.07) is 8.50. The van der Waals surface area contributed by atoms with Gasteiger partial charge in [0.15, 0.2) is 5.82 Å². The monoisotopic (exact) mass is 429 g/mol. The Kier molecular flexibility index (Phi) is 5.14. The minimum Gasteiger partial charge on any atom is -0.334 e. The molecule has 160 valence electrons. The second kappa shape index (κ2) is 7.78. The van der Waals surface area contributed by atoms with E-state index in [0.717, 1.165) is 4.68 Å². The summed E-state index contributed by atoms with van der Waals surface area (Å²) in [4.78, 5) is 25.4. The largest absolute Gasteiger partial charge is 0.482 e. The van der Waals surface area contributed by atoms with Crippen molar-refractivity contribution in [3.05, 3.63) is 86.6 Å². The fourth-order valence-corrected chi connectivity index (χ4v) is 3.38. The SMILES string of the molecule is Cn1cccc(Nc2nn(-c3ccc(NC(F)(F)F)cc3)c(=O)c3c2CC=CC3)c1=O. The quantitative estimate of drug-likeness (QED) is 0.492. The third-order valence-electron chi connectivity index (χ3n) is 4.89. The van der Waals surface area contributed by atoms with Gasteiger partial charge in [-0.05, 0) is 49.2 Å². The number of allylic oxidation sites excluding steroid dienone is 2. The van der Waals surface area contributed by atoms with Crippen molar-refractivity contribution < 1.29 is 13.2 Å². The van der Waals surface area contributed by atoms with Crippen LogP contribution in [-0.4, -0.2) is 20.6 Å². The fourth-order valence-electron chi connectivity index (χ4n) is 3.38. The van der Waals surface area contributed by atoms with Gasteiger partial charge in [0.25, 0.3) is 11.1 Å². The maximum absolute atomic E-state index is 13.0. The van der Waals surface area contributed by atoms with E-state index in [9.17, 15) is 22.8 Å². The molecule has 0 unspecified atom stereocenters. The minimum atomic E-state index is -4.56. The number of pyridine rings is 1. The number of fused-ring (bicyclic) bond motifs is 1. The van der Waals surface area contributed by atoms with Crippen molar-refractivity contribution in [1.82, 2.24) is 14.3 Å². The number of benzene rings is 1. The summed E-state index contributed by atoms with van der Waals surface area (Å²) in [5.41, 5.74) is 1.03. The highest BCUT2D eigenvalue weighted by molar-refractivity contribution is 5.61. The Morgan fingerprint density at radius 1 is 0.968 bits per heavy atom. The topological polar surface area (TPSA) is 81.0 Å². The first-order chi connectivity index (χ1) is 14.7. The molecule has 0 saturated heterocycles. The van der Waals surface area contributed by atoms with Gasteiger partial charge in [-0.2, -0.15) is 17.9 Å². The van der Waals surface area contributed by atoms with Gasteiger partial charge in [0, 0.05) is 30.1 Å². The number of aryl methyl sites for hydroxylation is 1. The van der Waals surface area contributed by atoms with Crippen molar-refractivity contribution in [2.45, 2.75) is 19.1 Å². The third kappa shape index (κ3) is 4.23. The number of hydrogen-bond acceptors (Lipinski definition) is 5. The first-order valence-electron chi connectivity index (χ1n) is 9.41. The molecule has 4 rings (SSSR count). The maximum atomic E-state index is 13.0. The zero-order valence-corrected chi connectivity index (χ0v) is 16.4. The van der Waals surface area contributed by atoms with E-state index in [0.29, 0.717) is 41.2 Å². The Balaban J connectivity index is 1.79. The predicted molar refractivity (Wildman–Crippen MR) is 111 cm³/mol. The van der Waals surface area contributed by atoms with E-state index < -0.39 is 6.30 Å². The van der Waals surface area contributed by atoms with Gasteiger partial charge < -0.3 is 9.88 Å². The molecule has 0 fully saturated rings. The molecule has 0 spiro atoms. The van der Waals surface area contributed by atoms with E-state index in [1.165, 1.54) is 34.1 Å². The number of hydrogen-bond donors (Lipinski definition) is 2. The predicted octanol–water partition coefficient (Wildman–Crippen LogP) is 3.26. The van der Waals surface area contributed by atoms with Gasteiger partial charge in [0.1, 0.15) is 5.69 Å². The zero-order chi connectivity index (χ0) is 22.2. The van der Waals surface area contributed by atoms with Gasteiger partial charge in [0.05, 0.1) is 5.69 Å². The lowest BCUT2D eigenvalue weighted by molar-refractivity contribution is -0.0999. The molecule has 2 heterocycles. The molecular formula is C21H18F3N5O2. The van der Waals surface area contributed by atoms with E-state index in [1.54, 1.807) is 25.4 Å². The lowest BCUT2D eigenvalue weighted by atomic mass is 9.99. The number of rotatable bonds is 4. The second-order valence-corrected chi connectivity index (χ2v) is 7.03. The lowest BCUT2D eigenvalue weighted by Crippen LogP contribution is -2.29. The van der Waals surface area contributed by atoms with Crippen LogP contribution in [0.5, 0.6) is 0 Å². The molecule has 3 aromatic rings. The average molecular weight is 429 g/mol. The lowest BCUT2D eigenvalue weighted by Gasteiger charge is -2.18. The Bertz CT molecular complexity index is 1270. The number of aromatic nitrogens is 3. The molecule has 1 aliphatic carbocycles. The Labute approximate surface area is 174 Å². The van der Waals surface area contributed by atoms with Crippen molar-refractivity contribution in [3.63, 3.8) is 0 Å². The molecule has 0 radical (unpaired) electrons. The molecule has 0 bridgehead atoms. The van der Waals surface area contributed by atoms with Crippen LogP contribution in [0.25, 0.3) is 5.69 Å². The van der Waals surface area contributed by atoms with Crippen molar-refractivity contribution in [3.8, 4) is 5.69 Å². The normalized spacial score (nSPS) is 13.0. The molecule has 0 saturated carbocycles.